The predicted molar refractivity (Wildman–Crippen MR) is 98.1 cm³/mol. The fraction of sp³-hybridized carbons (Fsp3) is 0.389. The Morgan fingerprint density at radius 1 is 1.19 bits per heavy atom. The van der Waals surface area contributed by atoms with Crippen LogP contribution in [0.4, 0.5) is 5.00 Å². The summed E-state index contributed by atoms with van der Waals surface area (Å²) in [6.45, 7) is 5.22. The lowest BCUT2D eigenvalue weighted by Gasteiger charge is -2.23. The van der Waals surface area contributed by atoms with E-state index in [1.165, 1.54) is 12.1 Å². The number of benzene rings is 1. The summed E-state index contributed by atoms with van der Waals surface area (Å²) in [6.07, 6.45) is 0.825. The van der Waals surface area contributed by atoms with Gasteiger partial charge in [-0.1, -0.05) is 31.3 Å². The lowest BCUT2D eigenvalue weighted by atomic mass is 9.95. The number of amides is 1. The molecule has 1 aromatic heterocycles. The quantitative estimate of drug-likeness (QED) is 0.630. The summed E-state index contributed by atoms with van der Waals surface area (Å²) < 4.78 is 11.4. The first-order valence-corrected chi connectivity index (χ1v) is 9.22. The molecule has 1 N–H and O–H groups in total. The summed E-state index contributed by atoms with van der Waals surface area (Å²) in [4.78, 5) is 23.2. The number of thiophene rings is 1. The molecule has 138 valence electrons. The minimum atomic E-state index is -0.495. The van der Waals surface area contributed by atoms with E-state index < -0.39 is 4.92 Å². The van der Waals surface area contributed by atoms with Gasteiger partial charge in [0.15, 0.2) is 11.5 Å². The van der Waals surface area contributed by atoms with Crippen molar-refractivity contribution in [3.63, 3.8) is 0 Å². The van der Waals surface area contributed by atoms with Crippen molar-refractivity contribution in [3.05, 3.63) is 50.9 Å². The normalized spacial score (nSPS) is 14.6. The molecule has 0 unspecified atom stereocenters. The summed E-state index contributed by atoms with van der Waals surface area (Å²) in [5, 5.41) is 13.7. The average Bonchev–Trinajstić information content (AvgIpc) is 2.99. The van der Waals surface area contributed by atoms with Crippen molar-refractivity contribution in [2.24, 2.45) is 5.92 Å². The summed E-state index contributed by atoms with van der Waals surface area (Å²) >= 11 is 0.868. The molecule has 2 aromatic rings. The summed E-state index contributed by atoms with van der Waals surface area (Å²) in [7, 11) is 0. The van der Waals surface area contributed by atoms with Gasteiger partial charge in [-0.2, -0.15) is 0 Å². The second-order valence-electron chi connectivity index (χ2n) is 6.35. The highest BCUT2D eigenvalue weighted by molar-refractivity contribution is 7.17. The molecule has 1 aromatic carbocycles. The van der Waals surface area contributed by atoms with Crippen LogP contribution in [0.3, 0.4) is 0 Å². The topological polar surface area (TPSA) is 90.7 Å². The zero-order valence-electron chi connectivity index (χ0n) is 14.6. The Hall–Kier alpha value is -2.61. The van der Waals surface area contributed by atoms with E-state index in [0.29, 0.717) is 29.6 Å². The molecule has 1 aliphatic heterocycles. The fourth-order valence-corrected chi connectivity index (χ4v) is 3.49. The second kappa shape index (κ2) is 7.74. The third kappa shape index (κ3) is 3.96. The fourth-order valence-electron chi connectivity index (χ4n) is 2.77. The lowest BCUT2D eigenvalue weighted by Crippen LogP contribution is -2.31. The number of nitro groups is 1. The van der Waals surface area contributed by atoms with Crippen LogP contribution in [0.15, 0.2) is 30.3 Å². The Morgan fingerprint density at radius 2 is 1.92 bits per heavy atom. The molecule has 0 fully saturated rings. The molecule has 0 radical (unpaired) electrons. The van der Waals surface area contributed by atoms with Crippen molar-refractivity contribution in [2.75, 3.05) is 13.2 Å². The maximum Gasteiger partial charge on any atom is 0.324 e. The van der Waals surface area contributed by atoms with Gasteiger partial charge in [-0.3, -0.25) is 14.9 Å². The Morgan fingerprint density at radius 3 is 2.58 bits per heavy atom. The molecule has 26 heavy (non-hydrogen) atoms. The Bertz CT molecular complexity index is 818. The van der Waals surface area contributed by atoms with Crippen molar-refractivity contribution in [1.29, 1.82) is 0 Å². The molecule has 8 heteroatoms. The number of nitrogens with zero attached hydrogens (tertiary/aromatic N) is 1. The van der Waals surface area contributed by atoms with Crippen LogP contribution < -0.4 is 14.8 Å². The van der Waals surface area contributed by atoms with Crippen molar-refractivity contribution in [2.45, 2.75) is 26.3 Å². The van der Waals surface area contributed by atoms with Crippen molar-refractivity contribution in [1.82, 2.24) is 5.32 Å². The molecule has 1 aliphatic rings. The zero-order chi connectivity index (χ0) is 18.7. The lowest BCUT2D eigenvalue weighted by molar-refractivity contribution is -0.380. The molecule has 0 saturated carbocycles. The Kier molecular flexibility index (Phi) is 5.41. The first-order valence-electron chi connectivity index (χ1n) is 8.40. The highest BCUT2D eigenvalue weighted by atomic mass is 32.1. The molecular formula is C18H20N2O5S. The van der Waals surface area contributed by atoms with Gasteiger partial charge in [0.2, 0.25) is 0 Å². The molecule has 2 heterocycles. The largest absolute Gasteiger partial charge is 0.490 e. The number of fused-ring (bicyclic) bond motifs is 1. The van der Waals surface area contributed by atoms with Gasteiger partial charge < -0.3 is 14.8 Å². The number of rotatable bonds is 5. The predicted octanol–water partition coefficient (Wildman–Crippen LogP) is 3.94. The second-order valence-corrected chi connectivity index (χ2v) is 7.41. The van der Waals surface area contributed by atoms with Gasteiger partial charge in [0.1, 0.15) is 0 Å². The summed E-state index contributed by atoms with van der Waals surface area (Å²) in [5.74, 6) is 1.17. The van der Waals surface area contributed by atoms with Crippen molar-refractivity contribution < 1.29 is 19.2 Å². The van der Waals surface area contributed by atoms with Gasteiger partial charge in [-0.25, -0.2) is 0 Å². The number of ether oxygens (including phenoxy) is 2. The first kappa shape index (κ1) is 18.2. The van der Waals surface area contributed by atoms with Crippen LogP contribution in [0.1, 0.15) is 41.5 Å². The maximum atomic E-state index is 12.5. The molecule has 0 spiro atoms. The average molecular weight is 376 g/mol. The minimum Gasteiger partial charge on any atom is -0.490 e. The van der Waals surface area contributed by atoms with Crippen molar-refractivity contribution in [3.8, 4) is 11.5 Å². The van der Waals surface area contributed by atoms with Gasteiger partial charge in [-0.05, 0) is 29.7 Å². The van der Waals surface area contributed by atoms with Crippen LogP contribution in [0.5, 0.6) is 11.5 Å². The highest BCUT2D eigenvalue weighted by Crippen LogP contribution is 2.34. The first-order chi connectivity index (χ1) is 12.5. The van der Waals surface area contributed by atoms with Crippen LogP contribution in [0.2, 0.25) is 0 Å². The Balaban J connectivity index is 1.81. The van der Waals surface area contributed by atoms with Crippen LogP contribution in [-0.4, -0.2) is 24.0 Å². The molecule has 7 nitrogen and oxygen atoms in total. The SMILES string of the molecule is CC(C)[C@@H](NC(=O)c1ccc([N+](=O)[O-])s1)c1ccc2c(c1)OCCCO2. The number of carbonyl (C=O) groups excluding carboxylic acids is 1. The minimum absolute atomic E-state index is 0.0492. The van der Waals surface area contributed by atoms with Crippen LogP contribution in [0, 0.1) is 16.0 Å². The molecule has 0 bridgehead atoms. The van der Waals surface area contributed by atoms with Crippen LogP contribution in [-0.2, 0) is 0 Å². The molecule has 1 atom stereocenters. The standard InChI is InChI=1S/C18H20N2O5S/c1-11(2)17(19-18(21)15-6-7-16(26-15)20(22)23)12-4-5-13-14(10-12)25-9-3-8-24-13/h4-7,10-11,17H,3,8-9H2,1-2H3,(H,19,21)/t17-/m1/s1. The van der Waals surface area contributed by atoms with E-state index in [-0.39, 0.29) is 22.9 Å². The highest BCUT2D eigenvalue weighted by Gasteiger charge is 2.23. The van der Waals surface area contributed by atoms with Gasteiger partial charge in [-0.15, -0.1) is 0 Å². The molecule has 0 aliphatic carbocycles. The Labute approximate surface area is 155 Å². The molecule has 0 saturated heterocycles. The van der Waals surface area contributed by atoms with Crippen LogP contribution in [0.25, 0.3) is 0 Å². The zero-order valence-corrected chi connectivity index (χ0v) is 15.4. The van der Waals surface area contributed by atoms with E-state index >= 15 is 0 Å². The number of nitrogens with one attached hydrogen (secondary N) is 1. The number of hydrogen-bond donors (Lipinski definition) is 1. The van der Waals surface area contributed by atoms with E-state index in [9.17, 15) is 14.9 Å². The molecule has 1 amide bonds. The molecular weight excluding hydrogens is 356 g/mol. The number of carbonyl (C=O) groups is 1. The van der Waals surface area contributed by atoms with E-state index in [4.69, 9.17) is 9.47 Å². The van der Waals surface area contributed by atoms with E-state index in [0.717, 1.165) is 23.3 Å². The smallest absolute Gasteiger partial charge is 0.324 e. The van der Waals surface area contributed by atoms with Gasteiger partial charge in [0.25, 0.3) is 5.91 Å². The van der Waals surface area contributed by atoms with E-state index in [1.807, 2.05) is 32.0 Å². The summed E-state index contributed by atoms with van der Waals surface area (Å²) in [6, 6.07) is 8.23. The monoisotopic (exact) mass is 376 g/mol. The van der Waals surface area contributed by atoms with E-state index in [1.54, 1.807) is 0 Å². The van der Waals surface area contributed by atoms with Gasteiger partial charge in [0.05, 0.1) is 29.1 Å². The van der Waals surface area contributed by atoms with Gasteiger partial charge in [0, 0.05) is 12.5 Å². The van der Waals surface area contributed by atoms with Gasteiger partial charge >= 0.3 is 5.00 Å². The van der Waals surface area contributed by atoms with E-state index in [2.05, 4.69) is 5.32 Å². The maximum absolute atomic E-state index is 12.5. The van der Waals surface area contributed by atoms with Crippen molar-refractivity contribution >= 4 is 22.2 Å². The van der Waals surface area contributed by atoms with Crippen LogP contribution >= 0.6 is 11.3 Å². The third-order valence-electron chi connectivity index (χ3n) is 4.08. The molecule has 3 rings (SSSR count). The number of hydrogen-bond acceptors (Lipinski definition) is 6. The summed E-state index contributed by atoms with van der Waals surface area (Å²) in [5.41, 5.74) is 0.906. The third-order valence-corrected chi connectivity index (χ3v) is 5.12.